The van der Waals surface area contributed by atoms with Gasteiger partial charge in [0.05, 0.1) is 18.5 Å². The summed E-state index contributed by atoms with van der Waals surface area (Å²) in [5.74, 6) is 1.01. The summed E-state index contributed by atoms with van der Waals surface area (Å²) in [5, 5.41) is 13.5. The van der Waals surface area contributed by atoms with E-state index in [1.54, 1.807) is 30.6 Å². The standard InChI is InChI=1S/C17H21N3O2S/c1-10-9-20-15(12(3)19-17(20)23-10)8-18-11(2)14-7-13(22-4)5-6-16(14)21/h5-7,9,11,18,21H,8H2,1-4H3. The Morgan fingerprint density at radius 2 is 2.17 bits per heavy atom. The lowest BCUT2D eigenvalue weighted by Crippen LogP contribution is -2.19. The second kappa shape index (κ2) is 6.22. The van der Waals surface area contributed by atoms with Gasteiger partial charge >= 0.3 is 0 Å². The third-order valence-corrected chi connectivity index (χ3v) is 4.92. The largest absolute Gasteiger partial charge is 0.508 e. The molecule has 0 amide bonds. The van der Waals surface area contributed by atoms with Gasteiger partial charge in [-0.15, -0.1) is 11.3 Å². The number of methoxy groups -OCH3 is 1. The quantitative estimate of drug-likeness (QED) is 0.750. The number of aryl methyl sites for hydroxylation is 2. The predicted molar refractivity (Wildman–Crippen MR) is 92.5 cm³/mol. The van der Waals surface area contributed by atoms with Crippen LogP contribution in [0.1, 0.15) is 34.8 Å². The number of ether oxygens (including phenoxy) is 1. The molecule has 1 unspecified atom stereocenters. The molecule has 0 aliphatic carbocycles. The minimum Gasteiger partial charge on any atom is -0.508 e. The van der Waals surface area contributed by atoms with Gasteiger partial charge in [0, 0.05) is 29.2 Å². The molecule has 23 heavy (non-hydrogen) atoms. The Morgan fingerprint density at radius 1 is 1.39 bits per heavy atom. The van der Waals surface area contributed by atoms with Crippen LogP contribution in [0.25, 0.3) is 4.96 Å². The van der Waals surface area contributed by atoms with Gasteiger partial charge in [-0.3, -0.25) is 4.40 Å². The van der Waals surface area contributed by atoms with Gasteiger partial charge in [0.15, 0.2) is 4.96 Å². The molecule has 2 N–H and O–H groups in total. The maximum Gasteiger partial charge on any atom is 0.194 e. The van der Waals surface area contributed by atoms with Gasteiger partial charge in [-0.25, -0.2) is 4.98 Å². The van der Waals surface area contributed by atoms with Crippen LogP contribution in [-0.4, -0.2) is 21.6 Å². The van der Waals surface area contributed by atoms with Crippen molar-refractivity contribution < 1.29 is 9.84 Å². The van der Waals surface area contributed by atoms with Gasteiger partial charge in [-0.2, -0.15) is 0 Å². The third-order valence-electron chi connectivity index (χ3n) is 4.02. The van der Waals surface area contributed by atoms with Gasteiger partial charge < -0.3 is 15.2 Å². The highest BCUT2D eigenvalue weighted by molar-refractivity contribution is 7.17. The van der Waals surface area contributed by atoms with Gasteiger partial charge in [0.25, 0.3) is 0 Å². The Balaban J connectivity index is 1.80. The minimum atomic E-state index is -0.00483. The number of phenols is 1. The fourth-order valence-corrected chi connectivity index (χ4v) is 3.58. The van der Waals surface area contributed by atoms with Crippen LogP contribution in [0.4, 0.5) is 0 Å². The van der Waals surface area contributed by atoms with Crippen LogP contribution in [-0.2, 0) is 6.54 Å². The van der Waals surface area contributed by atoms with Crippen LogP contribution in [0, 0.1) is 13.8 Å². The number of thiazole rings is 1. The molecule has 0 aliphatic rings. The average molecular weight is 331 g/mol. The zero-order valence-corrected chi connectivity index (χ0v) is 14.6. The fraction of sp³-hybridized carbons (Fsp3) is 0.353. The fourth-order valence-electron chi connectivity index (χ4n) is 2.69. The van der Waals surface area contributed by atoms with Crippen molar-refractivity contribution in [2.75, 3.05) is 7.11 Å². The number of rotatable bonds is 5. The predicted octanol–water partition coefficient (Wildman–Crippen LogP) is 3.58. The van der Waals surface area contributed by atoms with Crippen LogP contribution in [0.5, 0.6) is 11.5 Å². The first-order valence-corrected chi connectivity index (χ1v) is 8.35. The van der Waals surface area contributed by atoms with Crippen molar-refractivity contribution in [3.63, 3.8) is 0 Å². The smallest absolute Gasteiger partial charge is 0.194 e. The zero-order chi connectivity index (χ0) is 16.6. The average Bonchev–Trinajstić information content (AvgIpc) is 3.00. The van der Waals surface area contributed by atoms with Crippen LogP contribution in [0.3, 0.4) is 0 Å². The van der Waals surface area contributed by atoms with Crippen molar-refractivity contribution in [2.24, 2.45) is 0 Å². The summed E-state index contributed by atoms with van der Waals surface area (Å²) in [5.41, 5.74) is 3.01. The maximum atomic E-state index is 10.1. The van der Waals surface area contributed by atoms with Crippen LogP contribution < -0.4 is 10.1 Å². The molecule has 122 valence electrons. The first kappa shape index (κ1) is 15.8. The van der Waals surface area contributed by atoms with Crippen molar-refractivity contribution in [1.29, 1.82) is 0 Å². The monoisotopic (exact) mass is 331 g/mol. The molecule has 0 bridgehead atoms. The lowest BCUT2D eigenvalue weighted by Gasteiger charge is -2.16. The van der Waals surface area contributed by atoms with E-state index in [1.807, 2.05) is 19.9 Å². The molecule has 0 saturated heterocycles. The molecule has 6 heteroatoms. The first-order valence-electron chi connectivity index (χ1n) is 7.54. The second-order valence-corrected chi connectivity index (χ2v) is 6.88. The Bertz CT molecular complexity index is 838. The first-order chi connectivity index (χ1) is 11.0. The van der Waals surface area contributed by atoms with E-state index >= 15 is 0 Å². The lowest BCUT2D eigenvalue weighted by atomic mass is 10.1. The van der Waals surface area contributed by atoms with E-state index in [0.717, 1.165) is 27.7 Å². The number of aromatic nitrogens is 2. The van der Waals surface area contributed by atoms with Crippen molar-refractivity contribution in [2.45, 2.75) is 33.4 Å². The molecule has 0 aliphatic heterocycles. The van der Waals surface area contributed by atoms with Gasteiger partial charge in [0.2, 0.25) is 0 Å². The molecule has 2 heterocycles. The normalized spacial score (nSPS) is 12.7. The van der Waals surface area contributed by atoms with Gasteiger partial charge in [-0.05, 0) is 39.0 Å². The molecule has 0 radical (unpaired) electrons. The Kier molecular flexibility index (Phi) is 4.28. The molecule has 1 atom stereocenters. The Hall–Kier alpha value is -2.05. The molecule has 1 aromatic carbocycles. The van der Waals surface area contributed by atoms with Crippen molar-refractivity contribution in [3.05, 3.63) is 46.2 Å². The number of phenolic OH excluding ortho intramolecular Hbond substituents is 1. The lowest BCUT2D eigenvalue weighted by molar-refractivity contribution is 0.407. The van der Waals surface area contributed by atoms with Crippen LogP contribution in [0.15, 0.2) is 24.4 Å². The van der Waals surface area contributed by atoms with Crippen molar-refractivity contribution in [1.82, 2.24) is 14.7 Å². The molecule has 0 saturated carbocycles. The Labute approximate surface area is 139 Å². The molecule has 0 fully saturated rings. The number of hydrogen-bond donors (Lipinski definition) is 2. The van der Waals surface area contributed by atoms with Gasteiger partial charge in [-0.1, -0.05) is 0 Å². The number of nitrogens with zero attached hydrogens (tertiary/aromatic N) is 2. The molecular formula is C17H21N3O2S. The molecular weight excluding hydrogens is 310 g/mol. The highest BCUT2D eigenvalue weighted by atomic mass is 32.1. The maximum absolute atomic E-state index is 10.1. The molecule has 3 rings (SSSR count). The molecule has 3 aromatic rings. The van der Waals surface area contributed by atoms with Crippen LogP contribution >= 0.6 is 11.3 Å². The van der Waals surface area contributed by atoms with Crippen LogP contribution in [0.2, 0.25) is 0 Å². The molecule has 2 aromatic heterocycles. The zero-order valence-electron chi connectivity index (χ0n) is 13.8. The van der Waals surface area contributed by atoms with E-state index in [9.17, 15) is 5.11 Å². The summed E-state index contributed by atoms with van der Waals surface area (Å²) < 4.78 is 7.38. The van der Waals surface area contributed by atoms with E-state index < -0.39 is 0 Å². The number of aromatic hydroxyl groups is 1. The summed E-state index contributed by atoms with van der Waals surface area (Å²) in [7, 11) is 1.62. The number of benzene rings is 1. The summed E-state index contributed by atoms with van der Waals surface area (Å²) in [6, 6.07) is 5.27. The van der Waals surface area contributed by atoms with E-state index in [2.05, 4.69) is 27.8 Å². The Morgan fingerprint density at radius 3 is 2.91 bits per heavy atom. The highest BCUT2D eigenvalue weighted by Gasteiger charge is 2.15. The molecule has 0 spiro atoms. The number of hydrogen-bond acceptors (Lipinski definition) is 5. The highest BCUT2D eigenvalue weighted by Crippen LogP contribution is 2.29. The van der Waals surface area contributed by atoms with E-state index in [0.29, 0.717) is 6.54 Å². The topological polar surface area (TPSA) is 58.8 Å². The summed E-state index contributed by atoms with van der Waals surface area (Å²) in [6.07, 6.45) is 2.12. The van der Waals surface area contributed by atoms with E-state index in [1.165, 1.54) is 4.88 Å². The molecule has 5 nitrogen and oxygen atoms in total. The number of nitrogens with one attached hydrogen (secondary N) is 1. The third kappa shape index (κ3) is 3.04. The SMILES string of the molecule is COc1ccc(O)c(C(C)NCc2c(C)nc3sc(C)cn23)c1. The second-order valence-electron chi connectivity index (χ2n) is 5.67. The minimum absolute atomic E-state index is 0.00483. The van der Waals surface area contributed by atoms with Crippen molar-refractivity contribution in [3.8, 4) is 11.5 Å². The number of fused-ring (bicyclic) bond motifs is 1. The van der Waals surface area contributed by atoms with E-state index in [-0.39, 0.29) is 11.8 Å². The summed E-state index contributed by atoms with van der Waals surface area (Å²) in [4.78, 5) is 6.87. The number of imidazole rings is 1. The van der Waals surface area contributed by atoms with E-state index in [4.69, 9.17) is 4.74 Å². The summed E-state index contributed by atoms with van der Waals surface area (Å²) in [6.45, 7) is 6.82. The van der Waals surface area contributed by atoms with Gasteiger partial charge in [0.1, 0.15) is 11.5 Å². The van der Waals surface area contributed by atoms with Crippen molar-refractivity contribution >= 4 is 16.3 Å². The summed E-state index contributed by atoms with van der Waals surface area (Å²) >= 11 is 1.69.